The molecule has 6 heteroatoms. The molecule has 0 aliphatic carbocycles. The van der Waals surface area contributed by atoms with E-state index in [-0.39, 0.29) is 18.1 Å². The van der Waals surface area contributed by atoms with Crippen molar-refractivity contribution in [3.63, 3.8) is 0 Å². The van der Waals surface area contributed by atoms with Crippen LogP contribution in [0.3, 0.4) is 0 Å². The second-order valence-corrected chi connectivity index (χ2v) is 4.88. The van der Waals surface area contributed by atoms with Gasteiger partial charge in [-0.15, -0.1) is 0 Å². The predicted octanol–water partition coefficient (Wildman–Crippen LogP) is 2.04. The number of aromatic carboxylic acids is 1. The van der Waals surface area contributed by atoms with Crippen LogP contribution in [0.15, 0.2) is 16.5 Å². The van der Waals surface area contributed by atoms with Crippen LogP contribution in [0, 0.1) is 0 Å². The molecule has 1 aromatic rings. The Balaban J connectivity index is 2.62. The highest BCUT2D eigenvalue weighted by molar-refractivity contribution is 5.93. The van der Waals surface area contributed by atoms with Crippen LogP contribution in [0.1, 0.15) is 60.6 Å². The van der Waals surface area contributed by atoms with Crippen molar-refractivity contribution in [1.82, 2.24) is 5.32 Å². The van der Waals surface area contributed by atoms with Gasteiger partial charge in [0.1, 0.15) is 0 Å². The molecule has 0 spiro atoms. The molecule has 112 valence electrons. The third-order valence-corrected chi connectivity index (χ3v) is 3.05. The molecule has 20 heavy (non-hydrogen) atoms. The van der Waals surface area contributed by atoms with E-state index in [1.165, 1.54) is 12.1 Å². The van der Waals surface area contributed by atoms with Gasteiger partial charge in [0.2, 0.25) is 5.76 Å². The van der Waals surface area contributed by atoms with Crippen LogP contribution < -0.4 is 5.32 Å². The zero-order valence-electron chi connectivity index (χ0n) is 11.8. The van der Waals surface area contributed by atoms with Gasteiger partial charge in [0.25, 0.3) is 5.91 Å². The molecule has 1 rings (SSSR count). The Bertz CT molecular complexity index is 460. The molecule has 0 aliphatic heterocycles. The van der Waals surface area contributed by atoms with Gasteiger partial charge >= 0.3 is 5.97 Å². The zero-order valence-corrected chi connectivity index (χ0v) is 11.8. The van der Waals surface area contributed by atoms with Gasteiger partial charge in [0.05, 0.1) is 5.60 Å². The molecule has 1 amide bonds. The number of hydrogen-bond acceptors (Lipinski definition) is 4. The summed E-state index contributed by atoms with van der Waals surface area (Å²) >= 11 is 0. The SMILES string of the molecule is CCCC(O)(CCC)CNC(=O)c1ccc(C(=O)O)o1. The molecule has 0 aliphatic rings. The lowest BCUT2D eigenvalue weighted by Gasteiger charge is -2.27. The second kappa shape index (κ2) is 7.09. The standard InChI is InChI=1S/C14H21NO5/c1-3-7-14(19,8-4-2)9-15-12(16)10-5-6-11(20-10)13(17)18/h5-6,19H,3-4,7-9H2,1-2H3,(H,15,16)(H,17,18). The number of carboxylic acids is 1. The molecule has 0 fully saturated rings. The van der Waals surface area contributed by atoms with Crippen LogP contribution in [0.4, 0.5) is 0 Å². The topological polar surface area (TPSA) is 99.8 Å². The van der Waals surface area contributed by atoms with Gasteiger partial charge < -0.3 is 19.9 Å². The average Bonchev–Trinajstić information content (AvgIpc) is 2.86. The lowest BCUT2D eigenvalue weighted by atomic mass is 9.92. The molecular formula is C14H21NO5. The van der Waals surface area contributed by atoms with E-state index < -0.39 is 17.5 Å². The summed E-state index contributed by atoms with van der Waals surface area (Å²) in [6.07, 6.45) is 2.83. The van der Waals surface area contributed by atoms with Crippen molar-refractivity contribution >= 4 is 11.9 Å². The first-order valence-electron chi connectivity index (χ1n) is 6.75. The molecule has 0 aromatic carbocycles. The molecule has 1 aromatic heterocycles. The fourth-order valence-electron chi connectivity index (χ4n) is 2.14. The van der Waals surface area contributed by atoms with Crippen molar-refractivity contribution in [2.45, 2.75) is 45.1 Å². The average molecular weight is 283 g/mol. The zero-order chi connectivity index (χ0) is 15.2. The van der Waals surface area contributed by atoms with Crippen molar-refractivity contribution < 1.29 is 24.2 Å². The Morgan fingerprint density at radius 3 is 2.20 bits per heavy atom. The van der Waals surface area contributed by atoms with Crippen molar-refractivity contribution in [1.29, 1.82) is 0 Å². The first kappa shape index (κ1) is 16.2. The van der Waals surface area contributed by atoms with Gasteiger partial charge in [-0.2, -0.15) is 0 Å². The first-order valence-corrected chi connectivity index (χ1v) is 6.75. The van der Waals surface area contributed by atoms with Crippen LogP contribution in [0.5, 0.6) is 0 Å². The first-order chi connectivity index (χ1) is 9.41. The van der Waals surface area contributed by atoms with E-state index in [0.29, 0.717) is 12.8 Å². The van der Waals surface area contributed by atoms with Crippen LogP contribution in [0.25, 0.3) is 0 Å². The van der Waals surface area contributed by atoms with Crippen molar-refractivity contribution in [2.75, 3.05) is 6.54 Å². The minimum Gasteiger partial charge on any atom is -0.475 e. The molecule has 6 nitrogen and oxygen atoms in total. The molecule has 3 N–H and O–H groups in total. The number of hydrogen-bond donors (Lipinski definition) is 3. The molecule has 0 saturated heterocycles. The fraction of sp³-hybridized carbons (Fsp3) is 0.571. The Kier molecular flexibility index (Phi) is 5.76. The maximum absolute atomic E-state index is 11.8. The third-order valence-electron chi connectivity index (χ3n) is 3.05. The monoisotopic (exact) mass is 283 g/mol. The van der Waals surface area contributed by atoms with E-state index in [0.717, 1.165) is 12.8 Å². The Morgan fingerprint density at radius 2 is 1.75 bits per heavy atom. The molecule has 0 unspecified atom stereocenters. The highest BCUT2D eigenvalue weighted by Crippen LogP contribution is 2.18. The highest BCUT2D eigenvalue weighted by atomic mass is 16.4. The van der Waals surface area contributed by atoms with Gasteiger partial charge in [-0.25, -0.2) is 4.79 Å². The molecule has 0 atom stereocenters. The van der Waals surface area contributed by atoms with E-state index in [2.05, 4.69) is 5.32 Å². The van der Waals surface area contributed by atoms with E-state index in [9.17, 15) is 14.7 Å². The summed E-state index contributed by atoms with van der Waals surface area (Å²) < 4.78 is 4.90. The maximum Gasteiger partial charge on any atom is 0.371 e. The number of furan rings is 1. The van der Waals surface area contributed by atoms with Crippen LogP contribution in [-0.4, -0.2) is 34.2 Å². The largest absolute Gasteiger partial charge is 0.475 e. The van der Waals surface area contributed by atoms with Crippen LogP contribution >= 0.6 is 0 Å². The number of rotatable bonds is 8. The Morgan fingerprint density at radius 1 is 1.20 bits per heavy atom. The van der Waals surface area contributed by atoms with Crippen molar-refractivity contribution in [2.24, 2.45) is 0 Å². The van der Waals surface area contributed by atoms with E-state index in [1.54, 1.807) is 0 Å². The van der Waals surface area contributed by atoms with Gasteiger partial charge in [0, 0.05) is 6.54 Å². The van der Waals surface area contributed by atoms with Gasteiger partial charge in [-0.1, -0.05) is 26.7 Å². The molecule has 1 heterocycles. The van der Waals surface area contributed by atoms with Crippen molar-refractivity contribution in [3.8, 4) is 0 Å². The Labute approximate surface area is 117 Å². The molecule has 0 bridgehead atoms. The van der Waals surface area contributed by atoms with E-state index in [4.69, 9.17) is 9.52 Å². The minimum absolute atomic E-state index is 0.0715. The van der Waals surface area contributed by atoms with Crippen LogP contribution in [-0.2, 0) is 0 Å². The summed E-state index contributed by atoms with van der Waals surface area (Å²) in [5.41, 5.74) is -0.929. The number of carbonyl (C=O) groups is 2. The van der Waals surface area contributed by atoms with Crippen molar-refractivity contribution in [3.05, 3.63) is 23.7 Å². The summed E-state index contributed by atoms with van der Waals surface area (Å²) in [7, 11) is 0. The molecule has 0 radical (unpaired) electrons. The number of amides is 1. The number of nitrogens with one attached hydrogen (secondary N) is 1. The summed E-state index contributed by atoms with van der Waals surface area (Å²) in [6.45, 7) is 4.05. The minimum atomic E-state index is -1.22. The fourth-order valence-corrected chi connectivity index (χ4v) is 2.14. The van der Waals surface area contributed by atoms with E-state index in [1.807, 2.05) is 13.8 Å². The highest BCUT2D eigenvalue weighted by Gasteiger charge is 2.26. The van der Waals surface area contributed by atoms with Crippen LogP contribution in [0.2, 0.25) is 0 Å². The second-order valence-electron chi connectivity index (χ2n) is 4.88. The summed E-state index contributed by atoms with van der Waals surface area (Å²) in [5, 5.41) is 21.7. The summed E-state index contributed by atoms with van der Waals surface area (Å²) in [5.74, 6) is -2.11. The third kappa shape index (κ3) is 4.38. The number of carboxylic acid groups (broad SMARTS) is 1. The summed E-state index contributed by atoms with van der Waals surface area (Å²) in [6, 6.07) is 2.53. The number of carbonyl (C=O) groups excluding carboxylic acids is 1. The van der Waals surface area contributed by atoms with Gasteiger partial charge in [-0.3, -0.25) is 4.79 Å². The normalized spacial score (nSPS) is 11.3. The summed E-state index contributed by atoms with van der Waals surface area (Å²) in [4.78, 5) is 22.5. The van der Waals surface area contributed by atoms with Gasteiger partial charge in [-0.05, 0) is 25.0 Å². The number of aliphatic hydroxyl groups is 1. The Hall–Kier alpha value is -1.82. The molecule has 0 saturated carbocycles. The smallest absolute Gasteiger partial charge is 0.371 e. The van der Waals surface area contributed by atoms with E-state index >= 15 is 0 Å². The predicted molar refractivity (Wildman–Crippen MR) is 72.8 cm³/mol. The lowest BCUT2D eigenvalue weighted by molar-refractivity contribution is 0.0209. The maximum atomic E-state index is 11.8. The molecular weight excluding hydrogens is 262 g/mol. The van der Waals surface area contributed by atoms with Gasteiger partial charge in [0.15, 0.2) is 5.76 Å². The quantitative estimate of drug-likeness (QED) is 0.678. The lowest BCUT2D eigenvalue weighted by Crippen LogP contribution is -2.42.